The van der Waals surface area contributed by atoms with Crippen LogP contribution in [0.25, 0.3) is 21.3 Å². The molecule has 0 fully saturated rings. The highest BCUT2D eigenvalue weighted by Crippen LogP contribution is 2.33. The Hall–Kier alpha value is -6.13. The number of carbonyl (C=O) groups is 2. The fourth-order valence-corrected chi connectivity index (χ4v) is 7.67. The lowest BCUT2D eigenvalue weighted by molar-refractivity contribution is 0.00638. The van der Waals surface area contributed by atoms with Gasteiger partial charge >= 0.3 is 5.97 Å². The molecule has 0 bridgehead atoms. The molecule has 4 aromatic carbocycles. The van der Waals surface area contributed by atoms with E-state index in [2.05, 4.69) is 45.5 Å². The molecular formula is C43H38N6O3S. The topological polar surface area (TPSA) is 102 Å². The maximum absolute atomic E-state index is 13.9. The molecule has 1 amide bonds. The zero-order valence-corrected chi connectivity index (χ0v) is 30.5. The van der Waals surface area contributed by atoms with Crippen molar-refractivity contribution < 1.29 is 14.3 Å². The number of nitrogens with zero attached hydrogens (tertiary/aromatic N) is 5. The second-order valence-corrected chi connectivity index (χ2v) is 15.1. The van der Waals surface area contributed by atoms with Crippen molar-refractivity contribution >= 4 is 44.4 Å². The van der Waals surface area contributed by atoms with Crippen LogP contribution in [0.2, 0.25) is 0 Å². The number of hydrogen-bond donors (Lipinski definition) is 1. The summed E-state index contributed by atoms with van der Waals surface area (Å²) in [7, 11) is 0. The smallest absolute Gasteiger partial charge is 0.358 e. The van der Waals surface area contributed by atoms with Crippen LogP contribution in [0.1, 0.15) is 69.9 Å². The standard InChI is InChI=1S/C43H38N6O3S/c1-43(2,3)52-41(51)38-32(31-25-44-49(26-31)39(29-13-6-4-7-14-29)30-15-8-5-9-16-30)21-22-37(46-38)48-24-23-28-17-12-18-33(34(28)27-48)40(50)47-42-45-35-19-10-11-20-36(35)53-42/h4-22,25-26,39H,23-24,27H2,1-3H3,(H,45,47,50). The predicted octanol–water partition coefficient (Wildman–Crippen LogP) is 8.96. The summed E-state index contributed by atoms with van der Waals surface area (Å²) in [6, 6.07) is 37.8. The predicted molar refractivity (Wildman–Crippen MR) is 210 cm³/mol. The van der Waals surface area contributed by atoms with E-state index in [1.165, 1.54) is 11.3 Å². The zero-order chi connectivity index (χ0) is 36.5. The van der Waals surface area contributed by atoms with Crippen LogP contribution in [0.4, 0.5) is 10.9 Å². The van der Waals surface area contributed by atoms with E-state index in [0.717, 1.165) is 44.5 Å². The van der Waals surface area contributed by atoms with Crippen molar-refractivity contribution in [1.82, 2.24) is 19.7 Å². The van der Waals surface area contributed by atoms with Crippen molar-refractivity contribution in [1.29, 1.82) is 0 Å². The number of para-hydroxylation sites is 1. The fourth-order valence-electron chi connectivity index (χ4n) is 6.81. The first kappa shape index (κ1) is 34.0. The fraction of sp³-hybridized carbons (Fsp3) is 0.186. The molecule has 0 aliphatic carbocycles. The van der Waals surface area contributed by atoms with Gasteiger partial charge in [-0.3, -0.25) is 14.8 Å². The van der Waals surface area contributed by atoms with Gasteiger partial charge in [0.1, 0.15) is 17.5 Å². The van der Waals surface area contributed by atoms with Gasteiger partial charge in [-0.15, -0.1) is 0 Å². The first-order chi connectivity index (χ1) is 25.7. The van der Waals surface area contributed by atoms with E-state index in [-0.39, 0.29) is 17.6 Å². The maximum atomic E-state index is 13.9. The lowest BCUT2D eigenvalue weighted by atomic mass is 9.94. The lowest BCUT2D eigenvalue weighted by Crippen LogP contribution is -2.33. The number of benzene rings is 4. The highest BCUT2D eigenvalue weighted by molar-refractivity contribution is 7.22. The molecule has 8 rings (SSSR count). The van der Waals surface area contributed by atoms with Gasteiger partial charge in [0.2, 0.25) is 0 Å². The number of esters is 1. The number of nitrogens with one attached hydrogen (secondary N) is 1. The largest absolute Gasteiger partial charge is 0.455 e. The SMILES string of the molecule is CC(C)(C)OC(=O)c1nc(N2CCc3cccc(C(=O)Nc4nc5ccccc5s4)c3C2)ccc1-c1cnn(C(c2ccccc2)c2ccccc2)c1. The molecule has 0 radical (unpaired) electrons. The number of aromatic nitrogens is 4. The second-order valence-electron chi connectivity index (χ2n) is 14.1. The number of ether oxygens (including phenoxy) is 1. The van der Waals surface area contributed by atoms with E-state index < -0.39 is 11.6 Å². The second kappa shape index (κ2) is 14.1. The Morgan fingerprint density at radius 3 is 2.26 bits per heavy atom. The Morgan fingerprint density at radius 1 is 0.830 bits per heavy atom. The van der Waals surface area contributed by atoms with Gasteiger partial charge in [-0.05, 0) is 79.8 Å². The van der Waals surface area contributed by atoms with E-state index >= 15 is 0 Å². The molecule has 1 N–H and O–H groups in total. The van der Waals surface area contributed by atoms with E-state index in [1.807, 2.05) is 117 Å². The number of thiazole rings is 1. The minimum absolute atomic E-state index is 0.169. The van der Waals surface area contributed by atoms with Gasteiger partial charge in [0.25, 0.3) is 5.91 Å². The van der Waals surface area contributed by atoms with Crippen LogP contribution < -0.4 is 10.2 Å². The number of carbonyl (C=O) groups excluding carboxylic acids is 2. The summed E-state index contributed by atoms with van der Waals surface area (Å²) in [4.78, 5) is 39.2. The molecule has 0 saturated heterocycles. The Bertz CT molecular complexity index is 2360. The van der Waals surface area contributed by atoms with E-state index in [0.29, 0.717) is 35.2 Å². The van der Waals surface area contributed by atoms with Gasteiger partial charge in [-0.25, -0.2) is 14.8 Å². The molecule has 0 saturated carbocycles. The first-order valence-electron chi connectivity index (χ1n) is 17.6. The molecule has 1 aliphatic heterocycles. The quantitative estimate of drug-likeness (QED) is 0.157. The Labute approximate surface area is 311 Å². The molecule has 53 heavy (non-hydrogen) atoms. The minimum Gasteiger partial charge on any atom is -0.455 e. The molecule has 4 heterocycles. The van der Waals surface area contributed by atoms with Gasteiger partial charge in [0.05, 0.1) is 16.4 Å². The Morgan fingerprint density at radius 2 is 1.55 bits per heavy atom. The molecular weight excluding hydrogens is 681 g/mol. The zero-order valence-electron chi connectivity index (χ0n) is 29.7. The molecule has 0 atom stereocenters. The van der Waals surface area contributed by atoms with E-state index in [9.17, 15) is 9.59 Å². The number of pyridine rings is 1. The van der Waals surface area contributed by atoms with Crippen molar-refractivity contribution in [2.24, 2.45) is 0 Å². The summed E-state index contributed by atoms with van der Waals surface area (Å²) < 4.78 is 8.84. The van der Waals surface area contributed by atoms with Crippen LogP contribution in [0, 0.1) is 0 Å². The van der Waals surface area contributed by atoms with Gasteiger partial charge < -0.3 is 9.64 Å². The molecule has 7 aromatic rings. The van der Waals surface area contributed by atoms with Gasteiger partial charge in [0.15, 0.2) is 10.8 Å². The summed E-state index contributed by atoms with van der Waals surface area (Å²) in [5, 5.41) is 8.39. The third-order valence-electron chi connectivity index (χ3n) is 9.24. The van der Waals surface area contributed by atoms with Gasteiger partial charge in [-0.1, -0.05) is 96.3 Å². The molecule has 0 spiro atoms. The van der Waals surface area contributed by atoms with Crippen molar-refractivity contribution in [3.63, 3.8) is 0 Å². The summed E-state index contributed by atoms with van der Waals surface area (Å²) in [6.45, 7) is 6.66. The van der Waals surface area contributed by atoms with Gasteiger partial charge in [-0.2, -0.15) is 5.10 Å². The van der Waals surface area contributed by atoms with E-state index in [4.69, 9.17) is 14.8 Å². The summed E-state index contributed by atoms with van der Waals surface area (Å²) in [5.41, 5.74) is 6.52. The van der Waals surface area contributed by atoms with Crippen molar-refractivity contribution in [3.05, 3.63) is 161 Å². The highest BCUT2D eigenvalue weighted by atomic mass is 32.1. The number of fused-ring (bicyclic) bond motifs is 2. The van der Waals surface area contributed by atoms with E-state index in [1.54, 1.807) is 6.20 Å². The van der Waals surface area contributed by atoms with Gasteiger partial charge in [0, 0.05) is 36.0 Å². The monoisotopic (exact) mass is 718 g/mol. The van der Waals surface area contributed by atoms with Crippen LogP contribution in [-0.4, -0.2) is 43.8 Å². The van der Waals surface area contributed by atoms with Crippen molar-refractivity contribution in [2.75, 3.05) is 16.8 Å². The lowest BCUT2D eigenvalue weighted by Gasteiger charge is -2.31. The van der Waals surface area contributed by atoms with Crippen LogP contribution >= 0.6 is 11.3 Å². The first-order valence-corrected chi connectivity index (χ1v) is 18.4. The number of anilines is 2. The number of rotatable bonds is 8. The molecule has 264 valence electrons. The molecule has 3 aromatic heterocycles. The average molecular weight is 719 g/mol. The Kier molecular flexibility index (Phi) is 9.05. The van der Waals surface area contributed by atoms with Crippen LogP contribution in [0.3, 0.4) is 0 Å². The van der Waals surface area contributed by atoms with Crippen molar-refractivity contribution in [2.45, 2.75) is 45.4 Å². The third-order valence-corrected chi connectivity index (χ3v) is 10.2. The maximum Gasteiger partial charge on any atom is 0.358 e. The summed E-state index contributed by atoms with van der Waals surface area (Å²) in [6.07, 6.45) is 4.45. The van der Waals surface area contributed by atoms with Crippen LogP contribution in [0.15, 0.2) is 128 Å². The molecule has 0 unspecified atom stereocenters. The van der Waals surface area contributed by atoms with Crippen LogP contribution in [0.5, 0.6) is 0 Å². The Balaban J connectivity index is 1.12. The minimum atomic E-state index is -0.725. The highest BCUT2D eigenvalue weighted by Gasteiger charge is 2.28. The summed E-state index contributed by atoms with van der Waals surface area (Å²) >= 11 is 1.45. The molecule has 9 nitrogen and oxygen atoms in total. The normalized spacial score (nSPS) is 12.9. The molecule has 10 heteroatoms. The summed E-state index contributed by atoms with van der Waals surface area (Å²) in [5.74, 6) is -0.0969. The van der Waals surface area contributed by atoms with Crippen molar-refractivity contribution in [3.8, 4) is 11.1 Å². The number of hydrogen-bond acceptors (Lipinski definition) is 8. The third kappa shape index (κ3) is 7.18. The molecule has 1 aliphatic rings. The number of amides is 1. The van der Waals surface area contributed by atoms with Crippen LogP contribution in [-0.2, 0) is 17.7 Å². The average Bonchev–Trinajstić information content (AvgIpc) is 3.82.